The molecule has 0 aliphatic rings. The summed E-state index contributed by atoms with van der Waals surface area (Å²) in [7, 11) is 0. The molecule has 0 saturated heterocycles. The second-order valence-electron chi connectivity index (χ2n) is 5.32. The van der Waals surface area contributed by atoms with E-state index in [9.17, 15) is 19.2 Å². The normalized spacial score (nSPS) is 9.19. The molecule has 0 bridgehead atoms. The van der Waals surface area contributed by atoms with Gasteiger partial charge in [-0.3, -0.25) is 0 Å². The fourth-order valence-corrected chi connectivity index (χ4v) is 2.48. The maximum absolute atomic E-state index is 10.6. The molecule has 0 saturated carbocycles. The van der Waals surface area contributed by atoms with E-state index in [0.717, 1.165) is 11.1 Å². The number of nitrogens with zero attached hydrogens (tertiary/aromatic N) is 4. The molecule has 0 unspecified atom stereocenters. The molecule has 0 amide bonds. The van der Waals surface area contributed by atoms with E-state index < -0.39 is 0 Å². The second kappa shape index (κ2) is 10.1. The second-order valence-corrected chi connectivity index (χ2v) is 5.32. The minimum Gasteiger partial charge on any atom is -0.211 e. The molecule has 0 heterocycles. The van der Waals surface area contributed by atoms with E-state index in [1.807, 2.05) is 12.1 Å². The summed E-state index contributed by atoms with van der Waals surface area (Å²) in [6.45, 7) is 0.128. The van der Waals surface area contributed by atoms with Crippen LogP contribution < -0.4 is 0 Å². The first-order valence-electron chi connectivity index (χ1n) is 7.68. The monoisotopic (exact) mass is 360 g/mol. The third-order valence-corrected chi connectivity index (χ3v) is 3.67. The average Bonchev–Trinajstić information content (AvgIpc) is 2.67. The largest absolute Gasteiger partial charge is 0.240 e. The van der Waals surface area contributed by atoms with Crippen LogP contribution in [0.2, 0.25) is 0 Å². The topological polar surface area (TPSA) is 118 Å². The minimum atomic E-state index is 0.0639. The van der Waals surface area contributed by atoms with Crippen LogP contribution in [-0.2, 0) is 38.7 Å². The van der Waals surface area contributed by atoms with Crippen LogP contribution in [0, 0.1) is 0 Å². The van der Waals surface area contributed by atoms with Gasteiger partial charge in [0.05, 0.1) is 24.5 Å². The lowest BCUT2D eigenvalue weighted by molar-refractivity contribution is 0.562. The SMILES string of the molecule is O=C=NCc1ccc(Cc2ccc(CN=C=O)c(N=C=O)c2)cc1N=C=O. The molecule has 0 N–H and O–H groups in total. The maximum Gasteiger partial charge on any atom is 0.240 e. The van der Waals surface area contributed by atoms with Crippen molar-refractivity contribution in [1.82, 2.24) is 0 Å². The first-order valence-corrected chi connectivity index (χ1v) is 7.68. The number of carbonyl (C=O) groups excluding carboxylic acids is 4. The maximum atomic E-state index is 10.6. The van der Waals surface area contributed by atoms with Gasteiger partial charge in [0.25, 0.3) is 0 Å². The summed E-state index contributed by atoms with van der Waals surface area (Å²) in [5.41, 5.74) is 3.59. The van der Waals surface area contributed by atoms with Crippen molar-refractivity contribution in [2.75, 3.05) is 0 Å². The molecule has 2 aromatic rings. The zero-order valence-corrected chi connectivity index (χ0v) is 14.0. The van der Waals surface area contributed by atoms with Crippen molar-refractivity contribution in [2.45, 2.75) is 19.5 Å². The van der Waals surface area contributed by atoms with Crippen LogP contribution >= 0.6 is 0 Å². The van der Waals surface area contributed by atoms with Crippen LogP contribution in [0.3, 0.4) is 0 Å². The number of isocyanates is 4. The Hall–Kier alpha value is -4.04. The van der Waals surface area contributed by atoms with Crippen LogP contribution in [0.4, 0.5) is 11.4 Å². The summed E-state index contributed by atoms with van der Waals surface area (Å²) in [5, 5.41) is 0. The van der Waals surface area contributed by atoms with Crippen LogP contribution in [-0.4, -0.2) is 24.3 Å². The molecule has 8 heteroatoms. The highest BCUT2D eigenvalue weighted by atomic mass is 16.1. The highest BCUT2D eigenvalue weighted by molar-refractivity contribution is 5.58. The van der Waals surface area contributed by atoms with E-state index in [1.54, 1.807) is 24.3 Å². The molecular formula is C19H12N4O4. The summed E-state index contributed by atoms with van der Waals surface area (Å²) in [5.74, 6) is 0. The Kier molecular flexibility index (Phi) is 7.19. The van der Waals surface area contributed by atoms with E-state index in [2.05, 4.69) is 20.0 Å². The van der Waals surface area contributed by atoms with Crippen LogP contribution in [0.5, 0.6) is 0 Å². The number of hydrogen-bond acceptors (Lipinski definition) is 8. The molecule has 0 aliphatic heterocycles. The number of hydrogen-bond donors (Lipinski definition) is 0. The number of benzene rings is 2. The Morgan fingerprint density at radius 3 is 1.44 bits per heavy atom. The first-order chi connectivity index (χ1) is 13.2. The van der Waals surface area contributed by atoms with Crippen molar-refractivity contribution in [3.8, 4) is 0 Å². The van der Waals surface area contributed by atoms with E-state index in [0.29, 0.717) is 28.9 Å². The van der Waals surface area contributed by atoms with Gasteiger partial charge in [-0.25, -0.2) is 29.2 Å². The van der Waals surface area contributed by atoms with Gasteiger partial charge in [0.2, 0.25) is 24.3 Å². The highest BCUT2D eigenvalue weighted by Crippen LogP contribution is 2.26. The molecule has 132 valence electrons. The van der Waals surface area contributed by atoms with Crippen molar-refractivity contribution >= 4 is 35.7 Å². The van der Waals surface area contributed by atoms with Crippen molar-refractivity contribution < 1.29 is 19.2 Å². The quantitative estimate of drug-likeness (QED) is 0.531. The molecule has 2 aromatic carbocycles. The van der Waals surface area contributed by atoms with E-state index in [1.165, 1.54) is 24.3 Å². The van der Waals surface area contributed by atoms with E-state index in [-0.39, 0.29) is 13.1 Å². The molecule has 0 fully saturated rings. The van der Waals surface area contributed by atoms with Crippen LogP contribution in [0.25, 0.3) is 0 Å². The van der Waals surface area contributed by atoms with Gasteiger partial charge in [0.1, 0.15) is 0 Å². The molecule has 27 heavy (non-hydrogen) atoms. The lowest BCUT2D eigenvalue weighted by Gasteiger charge is -2.08. The van der Waals surface area contributed by atoms with E-state index >= 15 is 0 Å². The average molecular weight is 360 g/mol. The highest BCUT2D eigenvalue weighted by Gasteiger charge is 2.07. The molecule has 0 aliphatic carbocycles. The van der Waals surface area contributed by atoms with Gasteiger partial charge in [0.15, 0.2) is 0 Å². The third-order valence-electron chi connectivity index (χ3n) is 3.67. The number of rotatable bonds is 8. The van der Waals surface area contributed by atoms with E-state index in [4.69, 9.17) is 0 Å². The van der Waals surface area contributed by atoms with Gasteiger partial charge >= 0.3 is 0 Å². The lowest BCUT2D eigenvalue weighted by atomic mass is 10.00. The predicted octanol–water partition coefficient (Wildman–Crippen LogP) is 2.88. The summed E-state index contributed by atoms with van der Waals surface area (Å²) in [6.07, 6.45) is 6.31. The zero-order valence-electron chi connectivity index (χ0n) is 14.0. The molecular weight excluding hydrogens is 348 g/mol. The third kappa shape index (κ3) is 5.48. The first kappa shape index (κ1) is 19.3. The molecule has 2 rings (SSSR count). The number of aliphatic imine (C=N–C) groups is 4. The molecule has 0 aromatic heterocycles. The Bertz CT molecular complexity index is 954. The standard InChI is InChI=1S/C19H12N4O4/c24-10-20-8-16-3-1-14(6-18(16)22-12-26)5-15-2-4-17(9-21-11-25)19(7-15)23-13-27/h1-4,6-7H,5,8-9H2. The molecule has 8 nitrogen and oxygen atoms in total. The summed E-state index contributed by atoms with van der Waals surface area (Å²) in [4.78, 5) is 56.0. The van der Waals surface area contributed by atoms with Crippen LogP contribution in [0.15, 0.2) is 56.4 Å². The fourth-order valence-electron chi connectivity index (χ4n) is 2.48. The van der Waals surface area contributed by atoms with Gasteiger partial charge in [-0.15, -0.1) is 0 Å². The summed E-state index contributed by atoms with van der Waals surface area (Å²) >= 11 is 0. The summed E-state index contributed by atoms with van der Waals surface area (Å²) < 4.78 is 0. The Labute approximate surface area is 153 Å². The molecule has 0 radical (unpaired) electrons. The Balaban J connectivity index is 2.35. The van der Waals surface area contributed by atoms with Gasteiger partial charge in [-0.1, -0.05) is 24.3 Å². The van der Waals surface area contributed by atoms with Crippen LogP contribution in [0.1, 0.15) is 22.3 Å². The van der Waals surface area contributed by atoms with Crippen molar-refractivity contribution in [3.63, 3.8) is 0 Å². The van der Waals surface area contributed by atoms with Gasteiger partial charge in [-0.2, -0.15) is 9.98 Å². The summed E-state index contributed by atoms with van der Waals surface area (Å²) in [6, 6.07) is 10.4. The predicted molar refractivity (Wildman–Crippen MR) is 94.9 cm³/mol. The van der Waals surface area contributed by atoms with Crippen molar-refractivity contribution in [2.24, 2.45) is 20.0 Å². The van der Waals surface area contributed by atoms with Crippen molar-refractivity contribution in [3.05, 3.63) is 58.7 Å². The molecule has 0 atom stereocenters. The smallest absolute Gasteiger partial charge is 0.211 e. The Morgan fingerprint density at radius 2 is 1.07 bits per heavy atom. The lowest BCUT2D eigenvalue weighted by Crippen LogP contribution is -1.92. The fraction of sp³-hybridized carbons (Fsp3) is 0.158. The Morgan fingerprint density at radius 1 is 0.630 bits per heavy atom. The molecule has 0 spiro atoms. The minimum absolute atomic E-state index is 0.0639. The zero-order chi connectivity index (χ0) is 19.5. The van der Waals surface area contributed by atoms with Gasteiger partial charge < -0.3 is 0 Å². The van der Waals surface area contributed by atoms with Gasteiger partial charge in [-0.05, 0) is 29.7 Å². The van der Waals surface area contributed by atoms with Crippen molar-refractivity contribution in [1.29, 1.82) is 0 Å². The van der Waals surface area contributed by atoms with Gasteiger partial charge in [0, 0.05) is 11.1 Å².